The Morgan fingerprint density at radius 1 is 1.03 bits per heavy atom. The number of benzene rings is 3. The van der Waals surface area contributed by atoms with Crippen molar-refractivity contribution in [3.05, 3.63) is 78.4 Å². The lowest BCUT2D eigenvalue weighted by Gasteiger charge is -2.25. The zero-order valence-electron chi connectivity index (χ0n) is 20.6. The molecule has 0 bridgehead atoms. The predicted octanol–water partition coefficient (Wildman–Crippen LogP) is 4.71. The molecule has 36 heavy (non-hydrogen) atoms. The van der Waals surface area contributed by atoms with E-state index in [4.69, 9.17) is 10.9 Å². The second kappa shape index (κ2) is 11.7. The van der Waals surface area contributed by atoms with Gasteiger partial charge in [-0.1, -0.05) is 67.9 Å². The Morgan fingerprint density at radius 3 is 2.36 bits per heavy atom. The molecular weight excluding hydrogens is 476 g/mol. The van der Waals surface area contributed by atoms with Crippen molar-refractivity contribution < 1.29 is 18.4 Å². The van der Waals surface area contributed by atoms with Gasteiger partial charge in [0.1, 0.15) is 0 Å². The molecule has 1 unspecified atom stereocenters. The number of nitrogens with zero attached hydrogens (tertiary/aromatic N) is 1. The third-order valence-electron chi connectivity index (χ3n) is 6.12. The van der Waals surface area contributed by atoms with Crippen LogP contribution >= 0.6 is 0 Å². The summed E-state index contributed by atoms with van der Waals surface area (Å²) < 4.78 is 24.3. The minimum atomic E-state index is -3.37. The van der Waals surface area contributed by atoms with Crippen molar-refractivity contribution in [1.29, 1.82) is 0 Å². The fraction of sp³-hybridized carbons (Fsp3) is 0.259. The van der Waals surface area contributed by atoms with Gasteiger partial charge >= 0.3 is 0 Å². The topological polar surface area (TPSA) is 134 Å². The summed E-state index contributed by atoms with van der Waals surface area (Å²) in [6.45, 7) is 4.14. The van der Waals surface area contributed by atoms with Gasteiger partial charge in [0, 0.05) is 41.2 Å². The van der Waals surface area contributed by atoms with E-state index in [-0.39, 0.29) is 35.0 Å². The molecule has 0 heterocycles. The van der Waals surface area contributed by atoms with Crippen LogP contribution in [0.3, 0.4) is 0 Å². The maximum Gasteiger partial charge on any atom is 0.226 e. The molecule has 1 amide bonds. The summed E-state index contributed by atoms with van der Waals surface area (Å²) in [6, 6.07) is 21.0. The van der Waals surface area contributed by atoms with Crippen LogP contribution in [0, 0.1) is 5.92 Å². The summed E-state index contributed by atoms with van der Waals surface area (Å²) in [5.74, 6) is 0.0712. The highest BCUT2D eigenvalue weighted by atomic mass is 32.2. The van der Waals surface area contributed by atoms with Crippen LogP contribution in [0.2, 0.25) is 0 Å². The van der Waals surface area contributed by atoms with Crippen LogP contribution in [-0.2, 0) is 14.6 Å². The zero-order valence-corrected chi connectivity index (χ0v) is 21.4. The molecule has 8 nitrogen and oxygen atoms in total. The summed E-state index contributed by atoms with van der Waals surface area (Å²) in [7, 11) is -3.37. The summed E-state index contributed by atoms with van der Waals surface area (Å²) in [6.07, 6.45) is 2.30. The number of amidine groups is 1. The highest BCUT2D eigenvalue weighted by Crippen LogP contribution is 2.28. The standard InChI is InChI=1S/C27H32N4O4S/c1-4-18(2)24(29-22-9-7-8-20(16-22)27(28)31-33)17-26(32)30-21-14-12-19(13-15-21)23-10-5-6-11-25(23)36(3,34)35/h5-16,18,24,29,33H,4,17H2,1-3H3,(H2,28,31)(H,30,32)/t18?,24-/m0/s1. The van der Waals surface area contributed by atoms with Gasteiger partial charge in [0.15, 0.2) is 15.7 Å². The van der Waals surface area contributed by atoms with Crippen molar-refractivity contribution in [2.45, 2.75) is 37.6 Å². The van der Waals surface area contributed by atoms with Gasteiger partial charge in [0.2, 0.25) is 5.91 Å². The molecule has 0 spiro atoms. The number of amides is 1. The summed E-state index contributed by atoms with van der Waals surface area (Å²) in [5.41, 5.74) is 9.04. The predicted molar refractivity (Wildman–Crippen MR) is 144 cm³/mol. The first-order valence-corrected chi connectivity index (χ1v) is 13.6. The number of sulfone groups is 1. The van der Waals surface area contributed by atoms with Gasteiger partial charge in [-0.3, -0.25) is 4.79 Å². The summed E-state index contributed by atoms with van der Waals surface area (Å²) >= 11 is 0. The average Bonchev–Trinajstić information content (AvgIpc) is 2.87. The lowest BCUT2D eigenvalue weighted by atomic mass is 9.95. The van der Waals surface area contributed by atoms with Gasteiger partial charge in [-0.2, -0.15) is 0 Å². The average molecular weight is 509 g/mol. The third-order valence-corrected chi connectivity index (χ3v) is 7.28. The first-order chi connectivity index (χ1) is 17.1. The second-order valence-electron chi connectivity index (χ2n) is 8.80. The molecule has 190 valence electrons. The second-order valence-corrected chi connectivity index (χ2v) is 10.8. The monoisotopic (exact) mass is 508 g/mol. The van der Waals surface area contributed by atoms with Crippen molar-refractivity contribution >= 4 is 33.0 Å². The van der Waals surface area contributed by atoms with Crippen molar-refractivity contribution in [2.24, 2.45) is 16.8 Å². The van der Waals surface area contributed by atoms with Gasteiger partial charge < -0.3 is 21.6 Å². The van der Waals surface area contributed by atoms with E-state index >= 15 is 0 Å². The number of oxime groups is 1. The maximum absolute atomic E-state index is 12.9. The lowest BCUT2D eigenvalue weighted by Crippen LogP contribution is -2.32. The van der Waals surface area contributed by atoms with Gasteiger partial charge in [-0.25, -0.2) is 8.42 Å². The molecule has 0 aromatic heterocycles. The van der Waals surface area contributed by atoms with E-state index in [1.54, 1.807) is 66.7 Å². The SMILES string of the molecule is CCC(C)[C@H](CC(=O)Nc1ccc(-c2ccccc2S(C)(=O)=O)cc1)Nc1cccc(C(N)=NO)c1. The number of nitrogens with two attached hydrogens (primary N) is 1. The van der Waals surface area contributed by atoms with Crippen LogP contribution in [0.25, 0.3) is 11.1 Å². The third kappa shape index (κ3) is 6.85. The molecular formula is C27H32N4O4S. The molecule has 3 rings (SSSR count). The Balaban J connectivity index is 1.72. The molecule has 0 saturated heterocycles. The molecule has 9 heteroatoms. The van der Waals surface area contributed by atoms with Crippen molar-refractivity contribution in [3.63, 3.8) is 0 Å². The number of hydrogen-bond donors (Lipinski definition) is 4. The fourth-order valence-corrected chi connectivity index (χ4v) is 4.80. The smallest absolute Gasteiger partial charge is 0.226 e. The number of nitrogens with one attached hydrogen (secondary N) is 2. The van der Waals surface area contributed by atoms with Crippen LogP contribution in [-0.4, -0.2) is 37.7 Å². The van der Waals surface area contributed by atoms with Crippen LogP contribution in [0.15, 0.2) is 82.8 Å². The molecule has 0 aliphatic rings. The summed E-state index contributed by atoms with van der Waals surface area (Å²) in [4.78, 5) is 13.2. The van der Waals surface area contributed by atoms with Crippen molar-refractivity contribution in [3.8, 4) is 11.1 Å². The van der Waals surface area contributed by atoms with E-state index in [1.165, 1.54) is 6.26 Å². The maximum atomic E-state index is 12.9. The van der Waals surface area contributed by atoms with E-state index in [2.05, 4.69) is 29.6 Å². The minimum absolute atomic E-state index is 0.0130. The van der Waals surface area contributed by atoms with E-state index in [0.717, 1.165) is 17.7 Å². The van der Waals surface area contributed by atoms with Gasteiger partial charge in [-0.15, -0.1) is 0 Å². The van der Waals surface area contributed by atoms with Crippen LogP contribution < -0.4 is 16.4 Å². The molecule has 3 aromatic rings. The molecule has 0 saturated carbocycles. The van der Waals surface area contributed by atoms with Crippen LogP contribution in [0.5, 0.6) is 0 Å². The molecule has 2 atom stereocenters. The van der Waals surface area contributed by atoms with Crippen LogP contribution in [0.4, 0.5) is 11.4 Å². The van der Waals surface area contributed by atoms with E-state index in [9.17, 15) is 13.2 Å². The number of rotatable bonds is 10. The molecule has 0 fully saturated rings. The van der Waals surface area contributed by atoms with E-state index < -0.39 is 9.84 Å². The first kappa shape index (κ1) is 26.7. The Hall–Kier alpha value is -3.85. The van der Waals surface area contributed by atoms with Gasteiger partial charge in [0.25, 0.3) is 0 Å². The van der Waals surface area contributed by atoms with Crippen LogP contribution in [0.1, 0.15) is 32.3 Å². The zero-order chi connectivity index (χ0) is 26.3. The molecule has 3 aromatic carbocycles. The molecule has 0 radical (unpaired) electrons. The molecule has 0 aliphatic heterocycles. The van der Waals surface area contributed by atoms with E-state index in [1.807, 2.05) is 6.07 Å². The van der Waals surface area contributed by atoms with Gasteiger partial charge in [-0.05, 0) is 41.8 Å². The Labute approximate surface area is 212 Å². The fourth-order valence-electron chi connectivity index (χ4n) is 3.89. The Bertz CT molecular complexity index is 1340. The highest BCUT2D eigenvalue weighted by molar-refractivity contribution is 7.90. The Kier molecular flexibility index (Phi) is 8.71. The largest absolute Gasteiger partial charge is 0.409 e. The number of carbonyl (C=O) groups is 1. The van der Waals surface area contributed by atoms with Gasteiger partial charge in [0.05, 0.1) is 4.90 Å². The molecule has 5 N–H and O–H groups in total. The molecule has 0 aliphatic carbocycles. The number of carbonyl (C=O) groups excluding carboxylic acids is 1. The quantitative estimate of drug-likeness (QED) is 0.136. The summed E-state index contributed by atoms with van der Waals surface area (Å²) in [5, 5.41) is 18.3. The normalized spacial score (nSPS) is 13.6. The lowest BCUT2D eigenvalue weighted by molar-refractivity contribution is -0.116. The van der Waals surface area contributed by atoms with Crippen molar-refractivity contribution in [1.82, 2.24) is 0 Å². The van der Waals surface area contributed by atoms with Crippen molar-refractivity contribution in [2.75, 3.05) is 16.9 Å². The van der Waals surface area contributed by atoms with E-state index in [0.29, 0.717) is 16.8 Å². The highest BCUT2D eigenvalue weighted by Gasteiger charge is 2.20. The Morgan fingerprint density at radius 2 is 1.72 bits per heavy atom. The first-order valence-electron chi connectivity index (χ1n) is 11.7. The minimum Gasteiger partial charge on any atom is -0.409 e. The number of hydrogen-bond acceptors (Lipinski definition) is 6. The number of anilines is 2.